The smallest absolute Gasteiger partial charge is 0.267 e. The summed E-state index contributed by atoms with van der Waals surface area (Å²) in [7, 11) is 2.12. The monoisotopic (exact) mass is 221 g/mol. The summed E-state index contributed by atoms with van der Waals surface area (Å²) in [6.45, 7) is 6.68. The SMILES string of the molecule is CCNC(=O)c1ccc2n1CCN(C)C2C. The molecule has 0 aromatic carbocycles. The van der Waals surface area contributed by atoms with Crippen molar-refractivity contribution in [3.05, 3.63) is 23.5 Å². The van der Waals surface area contributed by atoms with Gasteiger partial charge >= 0.3 is 0 Å². The van der Waals surface area contributed by atoms with Crippen LogP contribution in [0, 0.1) is 0 Å². The van der Waals surface area contributed by atoms with Gasteiger partial charge in [0.2, 0.25) is 0 Å². The van der Waals surface area contributed by atoms with Crippen LogP contribution in [-0.4, -0.2) is 35.5 Å². The fourth-order valence-electron chi connectivity index (χ4n) is 2.22. The zero-order valence-electron chi connectivity index (χ0n) is 10.2. The standard InChI is InChI=1S/C12H19N3O/c1-4-13-12(16)11-6-5-10-9(2)14(3)7-8-15(10)11/h5-6,9H,4,7-8H2,1-3H3,(H,13,16). The molecule has 0 saturated carbocycles. The molecule has 1 amide bonds. The zero-order valence-corrected chi connectivity index (χ0v) is 10.2. The van der Waals surface area contributed by atoms with Crippen LogP contribution in [0.1, 0.15) is 36.1 Å². The van der Waals surface area contributed by atoms with Crippen LogP contribution in [0.25, 0.3) is 0 Å². The Morgan fingerprint density at radius 3 is 2.94 bits per heavy atom. The van der Waals surface area contributed by atoms with Gasteiger partial charge in [-0.3, -0.25) is 9.69 Å². The van der Waals surface area contributed by atoms with E-state index < -0.39 is 0 Å². The van der Waals surface area contributed by atoms with Gasteiger partial charge in [0, 0.05) is 31.4 Å². The Bertz CT molecular complexity index is 397. The number of hydrogen-bond donors (Lipinski definition) is 1. The van der Waals surface area contributed by atoms with Gasteiger partial charge < -0.3 is 9.88 Å². The molecule has 4 heteroatoms. The summed E-state index contributed by atoms with van der Waals surface area (Å²) < 4.78 is 2.13. The molecule has 1 aromatic rings. The van der Waals surface area contributed by atoms with E-state index in [2.05, 4.69) is 34.8 Å². The number of fused-ring (bicyclic) bond motifs is 1. The number of nitrogens with zero attached hydrogens (tertiary/aromatic N) is 2. The van der Waals surface area contributed by atoms with E-state index in [1.54, 1.807) is 0 Å². The van der Waals surface area contributed by atoms with Crippen molar-refractivity contribution in [2.24, 2.45) is 0 Å². The van der Waals surface area contributed by atoms with E-state index in [0.29, 0.717) is 12.6 Å². The van der Waals surface area contributed by atoms with Gasteiger partial charge in [-0.15, -0.1) is 0 Å². The van der Waals surface area contributed by atoms with Crippen LogP contribution in [-0.2, 0) is 6.54 Å². The van der Waals surface area contributed by atoms with Crippen LogP contribution >= 0.6 is 0 Å². The molecule has 16 heavy (non-hydrogen) atoms. The van der Waals surface area contributed by atoms with E-state index in [1.807, 2.05) is 13.0 Å². The van der Waals surface area contributed by atoms with E-state index in [0.717, 1.165) is 18.8 Å². The largest absolute Gasteiger partial charge is 0.351 e. The molecule has 1 unspecified atom stereocenters. The van der Waals surface area contributed by atoms with Crippen molar-refractivity contribution in [3.63, 3.8) is 0 Å². The lowest BCUT2D eigenvalue weighted by Gasteiger charge is -2.32. The minimum absolute atomic E-state index is 0.0329. The third-order valence-corrected chi connectivity index (χ3v) is 3.35. The summed E-state index contributed by atoms with van der Waals surface area (Å²) >= 11 is 0. The summed E-state index contributed by atoms with van der Waals surface area (Å²) in [6.07, 6.45) is 0. The quantitative estimate of drug-likeness (QED) is 0.816. The Kier molecular flexibility index (Phi) is 3.01. The summed E-state index contributed by atoms with van der Waals surface area (Å²) in [5.74, 6) is 0.0329. The molecule has 0 radical (unpaired) electrons. The molecule has 88 valence electrons. The highest BCUT2D eigenvalue weighted by Gasteiger charge is 2.24. The molecule has 0 bridgehead atoms. The first-order valence-electron chi connectivity index (χ1n) is 5.83. The number of carbonyl (C=O) groups excluding carboxylic acids is 1. The average molecular weight is 221 g/mol. The molecule has 0 spiro atoms. The van der Waals surface area contributed by atoms with Gasteiger partial charge in [-0.1, -0.05) is 0 Å². The van der Waals surface area contributed by atoms with Crippen molar-refractivity contribution in [1.29, 1.82) is 0 Å². The minimum Gasteiger partial charge on any atom is -0.351 e. The first-order chi connectivity index (χ1) is 7.65. The molecule has 2 heterocycles. The maximum absolute atomic E-state index is 11.8. The molecular weight excluding hydrogens is 202 g/mol. The molecule has 2 rings (SSSR count). The van der Waals surface area contributed by atoms with Gasteiger partial charge in [0.25, 0.3) is 5.91 Å². The third kappa shape index (κ3) is 1.73. The molecule has 0 aliphatic carbocycles. The highest BCUT2D eigenvalue weighted by Crippen LogP contribution is 2.25. The number of carbonyl (C=O) groups is 1. The van der Waals surface area contributed by atoms with Gasteiger partial charge in [-0.25, -0.2) is 0 Å². The fraction of sp³-hybridized carbons (Fsp3) is 0.583. The lowest BCUT2D eigenvalue weighted by atomic mass is 10.2. The van der Waals surface area contributed by atoms with Crippen molar-refractivity contribution in [2.45, 2.75) is 26.4 Å². The van der Waals surface area contributed by atoms with Gasteiger partial charge in [0.1, 0.15) is 5.69 Å². The number of rotatable bonds is 2. The molecular formula is C12H19N3O. The van der Waals surface area contributed by atoms with Gasteiger partial charge in [-0.05, 0) is 33.0 Å². The normalized spacial score (nSPS) is 20.6. The maximum Gasteiger partial charge on any atom is 0.267 e. The van der Waals surface area contributed by atoms with E-state index in [1.165, 1.54) is 5.69 Å². The van der Waals surface area contributed by atoms with E-state index in [-0.39, 0.29) is 5.91 Å². The molecule has 0 fully saturated rings. The van der Waals surface area contributed by atoms with Crippen molar-refractivity contribution in [3.8, 4) is 0 Å². The number of hydrogen-bond acceptors (Lipinski definition) is 2. The lowest BCUT2D eigenvalue weighted by Crippen LogP contribution is -2.35. The maximum atomic E-state index is 11.8. The number of likely N-dealkylation sites (N-methyl/N-ethyl adjacent to an activating group) is 1. The van der Waals surface area contributed by atoms with Crippen LogP contribution in [0.3, 0.4) is 0 Å². The first-order valence-corrected chi connectivity index (χ1v) is 5.83. The predicted molar refractivity (Wildman–Crippen MR) is 63.5 cm³/mol. The molecule has 1 aromatic heterocycles. The van der Waals surface area contributed by atoms with Gasteiger partial charge in [0.05, 0.1) is 0 Å². The fourth-order valence-corrected chi connectivity index (χ4v) is 2.22. The lowest BCUT2D eigenvalue weighted by molar-refractivity contribution is 0.0941. The van der Waals surface area contributed by atoms with Crippen LogP contribution in [0.15, 0.2) is 12.1 Å². The van der Waals surface area contributed by atoms with Gasteiger partial charge in [0.15, 0.2) is 0 Å². The second kappa shape index (κ2) is 4.29. The molecule has 1 aliphatic heterocycles. The molecule has 1 N–H and O–H groups in total. The van der Waals surface area contributed by atoms with Crippen molar-refractivity contribution < 1.29 is 4.79 Å². The molecule has 1 aliphatic rings. The van der Waals surface area contributed by atoms with Gasteiger partial charge in [-0.2, -0.15) is 0 Å². The number of amides is 1. The van der Waals surface area contributed by atoms with Crippen LogP contribution in [0.5, 0.6) is 0 Å². The summed E-state index contributed by atoms with van der Waals surface area (Å²) in [4.78, 5) is 14.1. The van der Waals surface area contributed by atoms with Crippen LogP contribution < -0.4 is 5.32 Å². The molecule has 1 atom stereocenters. The summed E-state index contributed by atoms with van der Waals surface area (Å²) in [5.41, 5.74) is 2.02. The first kappa shape index (κ1) is 11.2. The van der Waals surface area contributed by atoms with Crippen molar-refractivity contribution in [1.82, 2.24) is 14.8 Å². The van der Waals surface area contributed by atoms with Crippen LogP contribution in [0.2, 0.25) is 0 Å². The highest BCUT2D eigenvalue weighted by molar-refractivity contribution is 5.92. The number of aromatic nitrogens is 1. The Labute approximate surface area is 96.2 Å². The highest BCUT2D eigenvalue weighted by atomic mass is 16.1. The number of nitrogens with one attached hydrogen (secondary N) is 1. The third-order valence-electron chi connectivity index (χ3n) is 3.35. The average Bonchev–Trinajstić information content (AvgIpc) is 2.68. The zero-order chi connectivity index (χ0) is 11.7. The Morgan fingerprint density at radius 1 is 1.50 bits per heavy atom. The Hall–Kier alpha value is -1.29. The van der Waals surface area contributed by atoms with Crippen molar-refractivity contribution in [2.75, 3.05) is 20.1 Å². The second-order valence-corrected chi connectivity index (χ2v) is 4.31. The topological polar surface area (TPSA) is 37.3 Å². The van der Waals surface area contributed by atoms with Crippen molar-refractivity contribution >= 4 is 5.91 Å². The van der Waals surface area contributed by atoms with E-state index in [9.17, 15) is 4.79 Å². The van der Waals surface area contributed by atoms with E-state index in [4.69, 9.17) is 0 Å². The molecule has 4 nitrogen and oxygen atoms in total. The van der Waals surface area contributed by atoms with Crippen LogP contribution in [0.4, 0.5) is 0 Å². The van der Waals surface area contributed by atoms with E-state index >= 15 is 0 Å². The molecule has 0 saturated heterocycles. The summed E-state index contributed by atoms with van der Waals surface area (Å²) in [5, 5.41) is 2.85. The second-order valence-electron chi connectivity index (χ2n) is 4.31. The Morgan fingerprint density at radius 2 is 2.25 bits per heavy atom. The Balaban J connectivity index is 2.31. The summed E-state index contributed by atoms with van der Waals surface area (Å²) in [6, 6.07) is 4.37. The minimum atomic E-state index is 0.0329. The predicted octanol–water partition coefficient (Wildman–Crippen LogP) is 1.24.